The van der Waals surface area contributed by atoms with Crippen molar-refractivity contribution in [3.8, 4) is 5.75 Å². The van der Waals surface area contributed by atoms with Gasteiger partial charge in [0.2, 0.25) is 0 Å². The summed E-state index contributed by atoms with van der Waals surface area (Å²) in [4.78, 5) is 4.60. The highest BCUT2D eigenvalue weighted by molar-refractivity contribution is 7.98. The second-order valence-corrected chi connectivity index (χ2v) is 5.77. The highest BCUT2D eigenvalue weighted by Crippen LogP contribution is 2.27. The van der Waals surface area contributed by atoms with Gasteiger partial charge in [0.25, 0.3) is 0 Å². The Balaban J connectivity index is 2.48. The van der Waals surface area contributed by atoms with E-state index in [1.165, 1.54) is 0 Å². The number of alkyl halides is 1. The number of methoxy groups -OCH3 is 1. The summed E-state index contributed by atoms with van der Waals surface area (Å²) in [5.74, 6) is 3.35. The number of imidazole rings is 1. The highest BCUT2D eigenvalue weighted by Gasteiger charge is 2.15. The fourth-order valence-electron chi connectivity index (χ4n) is 2.25. The average Bonchev–Trinajstić information content (AvgIpc) is 2.82. The predicted octanol–water partition coefficient (Wildman–Crippen LogP) is 4.10. The maximum absolute atomic E-state index is 6.04. The maximum atomic E-state index is 6.04. The lowest BCUT2D eigenvalue weighted by atomic mass is 10.2. The summed E-state index contributed by atoms with van der Waals surface area (Å²) in [5.41, 5.74) is 2.08. The molecule has 0 aliphatic carbocycles. The maximum Gasteiger partial charge on any atom is 0.125 e. The van der Waals surface area contributed by atoms with Gasteiger partial charge in [0.1, 0.15) is 11.6 Å². The molecule has 0 bridgehead atoms. The second-order valence-electron chi connectivity index (χ2n) is 4.52. The SMILES string of the molecule is COc1ccc2nc(CCl)n(C(C)CCSC)c2c1. The Morgan fingerprint density at radius 2 is 2.26 bits per heavy atom. The molecular weight excluding hydrogens is 280 g/mol. The molecule has 1 aromatic carbocycles. The number of aromatic nitrogens is 2. The van der Waals surface area contributed by atoms with Gasteiger partial charge in [-0.15, -0.1) is 11.6 Å². The van der Waals surface area contributed by atoms with Crippen molar-refractivity contribution in [1.82, 2.24) is 9.55 Å². The number of hydrogen-bond acceptors (Lipinski definition) is 3. The Bertz CT molecular complexity index is 556. The summed E-state index contributed by atoms with van der Waals surface area (Å²) in [6.45, 7) is 2.22. The summed E-state index contributed by atoms with van der Waals surface area (Å²) >= 11 is 7.90. The molecule has 0 amide bonds. The third-order valence-corrected chi connectivity index (χ3v) is 4.15. The van der Waals surface area contributed by atoms with Crippen molar-refractivity contribution >= 4 is 34.4 Å². The lowest BCUT2D eigenvalue weighted by Crippen LogP contribution is -2.09. The fraction of sp³-hybridized carbons (Fsp3) is 0.500. The molecule has 1 atom stereocenters. The summed E-state index contributed by atoms with van der Waals surface area (Å²) in [6.07, 6.45) is 3.23. The van der Waals surface area contributed by atoms with Gasteiger partial charge in [0, 0.05) is 12.1 Å². The molecule has 0 saturated carbocycles. The third kappa shape index (κ3) is 3.00. The van der Waals surface area contributed by atoms with Gasteiger partial charge in [0.05, 0.1) is 24.0 Å². The zero-order valence-electron chi connectivity index (χ0n) is 11.5. The monoisotopic (exact) mass is 298 g/mol. The van der Waals surface area contributed by atoms with E-state index in [4.69, 9.17) is 16.3 Å². The molecule has 0 fully saturated rings. The molecule has 0 N–H and O–H groups in total. The first-order valence-electron chi connectivity index (χ1n) is 6.31. The molecule has 0 spiro atoms. The topological polar surface area (TPSA) is 27.1 Å². The van der Waals surface area contributed by atoms with Crippen LogP contribution in [-0.2, 0) is 5.88 Å². The Kier molecular flexibility index (Phi) is 4.99. The van der Waals surface area contributed by atoms with Gasteiger partial charge in [-0.05, 0) is 37.5 Å². The first-order valence-corrected chi connectivity index (χ1v) is 8.23. The van der Waals surface area contributed by atoms with E-state index < -0.39 is 0 Å². The van der Waals surface area contributed by atoms with Crippen LogP contribution >= 0.6 is 23.4 Å². The zero-order chi connectivity index (χ0) is 13.8. The number of rotatable bonds is 6. The Morgan fingerprint density at radius 3 is 2.89 bits per heavy atom. The second kappa shape index (κ2) is 6.53. The van der Waals surface area contributed by atoms with Crippen LogP contribution in [0.15, 0.2) is 18.2 Å². The average molecular weight is 299 g/mol. The van der Waals surface area contributed by atoms with E-state index in [0.29, 0.717) is 11.9 Å². The minimum atomic E-state index is 0.387. The van der Waals surface area contributed by atoms with Crippen molar-refractivity contribution < 1.29 is 4.74 Å². The van der Waals surface area contributed by atoms with Gasteiger partial charge in [-0.25, -0.2) is 4.98 Å². The van der Waals surface area contributed by atoms with Crippen molar-refractivity contribution in [3.63, 3.8) is 0 Å². The minimum Gasteiger partial charge on any atom is -0.497 e. The molecule has 19 heavy (non-hydrogen) atoms. The lowest BCUT2D eigenvalue weighted by molar-refractivity contribution is 0.415. The first kappa shape index (κ1) is 14.5. The van der Waals surface area contributed by atoms with Crippen molar-refractivity contribution in [2.75, 3.05) is 19.1 Å². The van der Waals surface area contributed by atoms with Crippen LogP contribution in [0.3, 0.4) is 0 Å². The van der Waals surface area contributed by atoms with E-state index >= 15 is 0 Å². The van der Waals surface area contributed by atoms with Crippen LogP contribution in [-0.4, -0.2) is 28.7 Å². The molecule has 104 valence electrons. The molecule has 1 aromatic heterocycles. The van der Waals surface area contributed by atoms with Crippen LogP contribution in [0.2, 0.25) is 0 Å². The molecular formula is C14H19ClN2OS. The molecule has 1 heterocycles. The summed E-state index contributed by atoms with van der Waals surface area (Å²) in [7, 11) is 1.68. The van der Waals surface area contributed by atoms with Gasteiger partial charge in [-0.1, -0.05) is 0 Å². The van der Waals surface area contributed by atoms with Gasteiger partial charge in [-0.3, -0.25) is 0 Å². The van der Waals surface area contributed by atoms with E-state index in [1.807, 2.05) is 30.0 Å². The molecule has 0 radical (unpaired) electrons. The number of fused-ring (bicyclic) bond motifs is 1. The predicted molar refractivity (Wildman–Crippen MR) is 83.6 cm³/mol. The Hall–Kier alpha value is -0.870. The molecule has 0 aliphatic rings. The number of thioether (sulfide) groups is 1. The minimum absolute atomic E-state index is 0.387. The van der Waals surface area contributed by atoms with E-state index in [0.717, 1.165) is 34.8 Å². The highest BCUT2D eigenvalue weighted by atomic mass is 35.5. The third-order valence-electron chi connectivity index (χ3n) is 3.27. The lowest BCUT2D eigenvalue weighted by Gasteiger charge is -2.16. The Morgan fingerprint density at radius 1 is 1.47 bits per heavy atom. The summed E-state index contributed by atoms with van der Waals surface area (Å²) in [6, 6.07) is 6.35. The Labute approximate surface area is 123 Å². The van der Waals surface area contributed by atoms with Crippen LogP contribution in [0.25, 0.3) is 11.0 Å². The smallest absolute Gasteiger partial charge is 0.125 e. The van der Waals surface area contributed by atoms with Gasteiger partial charge in [-0.2, -0.15) is 11.8 Å². The van der Waals surface area contributed by atoms with Crippen molar-refractivity contribution in [3.05, 3.63) is 24.0 Å². The molecule has 2 rings (SSSR count). The summed E-state index contributed by atoms with van der Waals surface area (Å²) in [5, 5.41) is 0. The van der Waals surface area contributed by atoms with Gasteiger partial charge in [0.15, 0.2) is 0 Å². The molecule has 5 heteroatoms. The van der Waals surface area contributed by atoms with E-state index in [1.54, 1.807) is 7.11 Å². The van der Waals surface area contributed by atoms with Crippen LogP contribution in [0.4, 0.5) is 0 Å². The normalized spacial score (nSPS) is 12.8. The molecule has 2 aromatic rings. The number of halogens is 1. The van der Waals surface area contributed by atoms with Crippen LogP contribution in [0.5, 0.6) is 5.75 Å². The van der Waals surface area contributed by atoms with E-state index in [-0.39, 0.29) is 0 Å². The van der Waals surface area contributed by atoms with E-state index in [2.05, 4.69) is 22.7 Å². The van der Waals surface area contributed by atoms with Crippen molar-refractivity contribution in [2.45, 2.75) is 25.3 Å². The number of nitrogens with zero attached hydrogens (tertiary/aromatic N) is 2. The molecule has 1 unspecified atom stereocenters. The molecule has 0 saturated heterocycles. The largest absolute Gasteiger partial charge is 0.497 e. The van der Waals surface area contributed by atoms with Crippen LogP contribution in [0.1, 0.15) is 25.2 Å². The summed E-state index contributed by atoms with van der Waals surface area (Å²) < 4.78 is 7.54. The zero-order valence-corrected chi connectivity index (χ0v) is 13.1. The fourth-order valence-corrected chi connectivity index (χ4v) is 3.02. The van der Waals surface area contributed by atoms with Crippen molar-refractivity contribution in [2.24, 2.45) is 0 Å². The standard InChI is InChI=1S/C14H19ClN2OS/c1-10(6-7-19-3)17-13-8-11(18-2)4-5-12(13)16-14(17)9-15/h4-5,8,10H,6-7,9H2,1-3H3. The first-order chi connectivity index (χ1) is 9.21. The van der Waals surface area contributed by atoms with Crippen LogP contribution < -0.4 is 4.74 Å². The number of benzene rings is 1. The number of hydrogen-bond donors (Lipinski definition) is 0. The quantitative estimate of drug-likeness (QED) is 0.751. The van der Waals surface area contributed by atoms with Gasteiger partial charge >= 0.3 is 0 Å². The van der Waals surface area contributed by atoms with Crippen molar-refractivity contribution in [1.29, 1.82) is 0 Å². The van der Waals surface area contributed by atoms with Crippen LogP contribution in [0, 0.1) is 0 Å². The van der Waals surface area contributed by atoms with E-state index in [9.17, 15) is 0 Å². The molecule has 0 aliphatic heterocycles. The van der Waals surface area contributed by atoms with Gasteiger partial charge < -0.3 is 9.30 Å². The molecule has 3 nitrogen and oxygen atoms in total. The number of ether oxygens (including phenoxy) is 1.